The Kier molecular flexibility index (Phi) is 6.03. The number of alkyl carbamates (subject to hydrolysis) is 1. The zero-order valence-corrected chi connectivity index (χ0v) is 17.6. The average Bonchev–Trinajstić information content (AvgIpc) is 3.11. The molecule has 6 heteroatoms. The third-order valence-corrected chi connectivity index (χ3v) is 5.71. The molecule has 0 heterocycles. The summed E-state index contributed by atoms with van der Waals surface area (Å²) in [5, 5.41) is 12.0. The van der Waals surface area contributed by atoms with E-state index in [1.165, 1.54) is 6.92 Å². The van der Waals surface area contributed by atoms with Crippen LogP contribution in [0.25, 0.3) is 11.1 Å². The molecule has 0 saturated heterocycles. The lowest BCUT2D eigenvalue weighted by Crippen LogP contribution is -2.42. The summed E-state index contributed by atoms with van der Waals surface area (Å²) in [6, 6.07) is 21.5. The first-order valence-electron chi connectivity index (χ1n) is 10.4. The second-order valence-electron chi connectivity index (χ2n) is 7.82. The number of ketones is 1. The van der Waals surface area contributed by atoms with Crippen LogP contribution in [0.1, 0.15) is 39.9 Å². The maximum absolute atomic E-state index is 12.5. The largest absolute Gasteiger partial charge is 0.480 e. The van der Waals surface area contributed by atoms with E-state index in [2.05, 4.69) is 5.32 Å². The molecule has 0 bridgehead atoms. The van der Waals surface area contributed by atoms with Gasteiger partial charge in [0.15, 0.2) is 5.78 Å². The van der Waals surface area contributed by atoms with Gasteiger partial charge in [0.2, 0.25) is 0 Å². The van der Waals surface area contributed by atoms with Crippen LogP contribution >= 0.6 is 0 Å². The summed E-state index contributed by atoms with van der Waals surface area (Å²) in [5.41, 5.74) is 5.53. The number of ether oxygens (including phenoxy) is 1. The van der Waals surface area contributed by atoms with Gasteiger partial charge >= 0.3 is 12.1 Å². The fraction of sp³-hybridized carbons (Fsp3) is 0.192. The Morgan fingerprint density at radius 2 is 1.56 bits per heavy atom. The Morgan fingerprint density at radius 1 is 0.938 bits per heavy atom. The van der Waals surface area contributed by atoms with Gasteiger partial charge in [-0.3, -0.25) is 4.79 Å². The SMILES string of the molecule is CC(=O)c1cccc(C[C@H](NC(=O)OCC2c3ccccc3-c3ccccc32)C(=O)O)c1. The van der Waals surface area contributed by atoms with Gasteiger partial charge in [0.25, 0.3) is 0 Å². The fourth-order valence-corrected chi connectivity index (χ4v) is 4.14. The van der Waals surface area contributed by atoms with Crippen molar-refractivity contribution < 1.29 is 24.2 Å². The van der Waals surface area contributed by atoms with E-state index in [4.69, 9.17) is 4.74 Å². The highest BCUT2D eigenvalue weighted by Gasteiger charge is 2.29. The number of nitrogens with one attached hydrogen (secondary N) is 1. The molecule has 4 rings (SSSR count). The van der Waals surface area contributed by atoms with Crippen LogP contribution in [-0.2, 0) is 16.0 Å². The van der Waals surface area contributed by atoms with Gasteiger partial charge in [-0.1, -0.05) is 66.7 Å². The van der Waals surface area contributed by atoms with Crippen molar-refractivity contribution in [2.24, 2.45) is 0 Å². The molecule has 0 fully saturated rings. The minimum Gasteiger partial charge on any atom is -0.480 e. The van der Waals surface area contributed by atoms with Crippen LogP contribution in [0.15, 0.2) is 72.8 Å². The number of Topliss-reactive ketones (excluding diaryl/α,β-unsaturated/α-hetero) is 1. The lowest BCUT2D eigenvalue weighted by atomic mass is 9.98. The summed E-state index contributed by atoms with van der Waals surface area (Å²) in [4.78, 5) is 35.7. The van der Waals surface area contributed by atoms with E-state index < -0.39 is 18.1 Å². The third-order valence-electron chi connectivity index (χ3n) is 5.71. The Labute approximate surface area is 185 Å². The molecule has 3 aromatic rings. The van der Waals surface area contributed by atoms with Crippen molar-refractivity contribution in [3.8, 4) is 11.1 Å². The molecular weight excluding hydrogens is 406 g/mol. The number of carbonyl (C=O) groups excluding carboxylic acids is 2. The van der Waals surface area contributed by atoms with Crippen LogP contribution in [-0.4, -0.2) is 35.6 Å². The second-order valence-corrected chi connectivity index (χ2v) is 7.82. The van der Waals surface area contributed by atoms with E-state index in [0.717, 1.165) is 22.3 Å². The van der Waals surface area contributed by atoms with Gasteiger partial charge < -0.3 is 15.2 Å². The molecule has 6 nitrogen and oxygen atoms in total. The minimum absolute atomic E-state index is 0.0423. The standard InChI is InChI=1S/C26H23NO5/c1-16(28)18-8-6-7-17(13-18)14-24(25(29)30)27-26(31)32-15-23-21-11-4-2-9-19(21)20-10-3-5-12-22(20)23/h2-13,23-24H,14-15H2,1H3,(H,27,31)(H,29,30)/t24-/m0/s1. The van der Waals surface area contributed by atoms with E-state index in [-0.39, 0.29) is 24.7 Å². The zero-order valence-electron chi connectivity index (χ0n) is 17.6. The number of hydrogen-bond acceptors (Lipinski definition) is 4. The van der Waals surface area contributed by atoms with E-state index >= 15 is 0 Å². The summed E-state index contributed by atoms with van der Waals surface area (Å²) in [5.74, 6) is -1.39. The Bertz CT molecular complexity index is 1140. The molecule has 1 atom stereocenters. The first-order chi connectivity index (χ1) is 15.4. The third kappa shape index (κ3) is 4.39. The molecule has 1 aliphatic carbocycles. The van der Waals surface area contributed by atoms with Gasteiger partial charge in [0.1, 0.15) is 12.6 Å². The lowest BCUT2D eigenvalue weighted by molar-refractivity contribution is -0.139. The monoisotopic (exact) mass is 429 g/mol. The van der Waals surface area contributed by atoms with Crippen molar-refractivity contribution in [1.29, 1.82) is 0 Å². The topological polar surface area (TPSA) is 92.7 Å². The molecule has 0 aromatic heterocycles. The smallest absolute Gasteiger partial charge is 0.407 e. The molecule has 3 aromatic carbocycles. The van der Waals surface area contributed by atoms with Gasteiger partial charge in [0, 0.05) is 17.9 Å². The predicted molar refractivity (Wildman–Crippen MR) is 120 cm³/mol. The summed E-state index contributed by atoms with van der Waals surface area (Å²) < 4.78 is 5.45. The van der Waals surface area contributed by atoms with Gasteiger partial charge in [-0.25, -0.2) is 9.59 Å². The summed E-state index contributed by atoms with van der Waals surface area (Å²) in [6.45, 7) is 1.55. The second kappa shape index (κ2) is 9.06. The van der Waals surface area contributed by atoms with E-state index in [9.17, 15) is 19.5 Å². The van der Waals surface area contributed by atoms with Crippen molar-refractivity contribution in [3.63, 3.8) is 0 Å². The first-order valence-corrected chi connectivity index (χ1v) is 10.4. The average molecular weight is 429 g/mol. The molecule has 0 aliphatic heterocycles. The molecule has 0 saturated carbocycles. The normalized spacial score (nSPS) is 13.0. The molecule has 162 valence electrons. The number of carbonyl (C=O) groups is 3. The predicted octanol–water partition coefficient (Wildman–Crippen LogP) is 4.42. The molecule has 0 spiro atoms. The summed E-state index contributed by atoms with van der Waals surface area (Å²) in [6.07, 6.45) is -0.748. The molecule has 2 N–H and O–H groups in total. The quantitative estimate of drug-likeness (QED) is 0.542. The number of carboxylic acids is 1. The number of amides is 1. The molecule has 32 heavy (non-hydrogen) atoms. The van der Waals surface area contributed by atoms with Crippen LogP contribution in [0.4, 0.5) is 4.79 Å². The maximum Gasteiger partial charge on any atom is 0.407 e. The fourth-order valence-electron chi connectivity index (χ4n) is 4.14. The first kappa shape index (κ1) is 21.3. The Morgan fingerprint density at radius 3 is 2.16 bits per heavy atom. The van der Waals surface area contributed by atoms with E-state index in [0.29, 0.717) is 11.1 Å². The van der Waals surface area contributed by atoms with E-state index in [1.54, 1.807) is 24.3 Å². The van der Waals surface area contributed by atoms with Crippen molar-refractivity contribution >= 4 is 17.8 Å². The molecular formula is C26H23NO5. The van der Waals surface area contributed by atoms with Crippen molar-refractivity contribution in [2.75, 3.05) is 6.61 Å². The van der Waals surface area contributed by atoms with Crippen LogP contribution in [0, 0.1) is 0 Å². The van der Waals surface area contributed by atoms with Crippen molar-refractivity contribution in [3.05, 3.63) is 95.1 Å². The molecule has 1 aliphatic rings. The maximum atomic E-state index is 12.5. The Hall–Kier alpha value is -3.93. The van der Waals surface area contributed by atoms with Crippen LogP contribution in [0.3, 0.4) is 0 Å². The van der Waals surface area contributed by atoms with Crippen molar-refractivity contribution in [2.45, 2.75) is 25.3 Å². The highest BCUT2D eigenvalue weighted by molar-refractivity contribution is 5.94. The molecule has 0 unspecified atom stereocenters. The van der Waals surface area contributed by atoms with Crippen LogP contribution in [0.2, 0.25) is 0 Å². The number of benzene rings is 3. The number of fused-ring (bicyclic) bond motifs is 3. The van der Waals surface area contributed by atoms with Crippen LogP contribution < -0.4 is 5.32 Å². The highest BCUT2D eigenvalue weighted by atomic mass is 16.5. The van der Waals surface area contributed by atoms with Gasteiger partial charge in [-0.05, 0) is 40.8 Å². The number of hydrogen-bond donors (Lipinski definition) is 2. The zero-order chi connectivity index (χ0) is 22.7. The van der Waals surface area contributed by atoms with E-state index in [1.807, 2.05) is 48.5 Å². The minimum atomic E-state index is -1.17. The van der Waals surface area contributed by atoms with Gasteiger partial charge in [-0.15, -0.1) is 0 Å². The summed E-state index contributed by atoms with van der Waals surface area (Å²) >= 11 is 0. The molecule has 1 amide bonds. The number of aliphatic carboxylic acids is 1. The number of carboxylic acid groups (broad SMARTS) is 1. The van der Waals surface area contributed by atoms with Gasteiger partial charge in [-0.2, -0.15) is 0 Å². The lowest BCUT2D eigenvalue weighted by Gasteiger charge is -2.17. The van der Waals surface area contributed by atoms with Crippen molar-refractivity contribution in [1.82, 2.24) is 5.32 Å². The molecule has 0 radical (unpaired) electrons. The highest BCUT2D eigenvalue weighted by Crippen LogP contribution is 2.44. The Balaban J connectivity index is 1.43. The van der Waals surface area contributed by atoms with Crippen LogP contribution in [0.5, 0.6) is 0 Å². The number of rotatable bonds is 7. The van der Waals surface area contributed by atoms with Gasteiger partial charge in [0.05, 0.1) is 0 Å². The summed E-state index contributed by atoms with van der Waals surface area (Å²) in [7, 11) is 0.